The lowest BCUT2D eigenvalue weighted by Gasteiger charge is -2.10. The molecule has 0 radical (unpaired) electrons. The smallest absolute Gasteiger partial charge is 0.184 e. The van der Waals surface area contributed by atoms with Crippen LogP contribution in [-0.2, 0) is 0 Å². The van der Waals surface area contributed by atoms with E-state index in [1.807, 2.05) is 38.1 Å². The number of halogens is 1. The van der Waals surface area contributed by atoms with E-state index in [-0.39, 0.29) is 5.78 Å². The van der Waals surface area contributed by atoms with Crippen molar-refractivity contribution >= 4 is 17.4 Å². The molecule has 0 N–H and O–H groups in total. The molecule has 0 bridgehead atoms. The van der Waals surface area contributed by atoms with Crippen molar-refractivity contribution in [1.82, 2.24) is 0 Å². The zero-order valence-corrected chi connectivity index (χ0v) is 12.1. The lowest BCUT2D eigenvalue weighted by Crippen LogP contribution is -2.11. The molecule has 0 saturated heterocycles. The molecule has 1 atom stereocenters. The van der Waals surface area contributed by atoms with Crippen LogP contribution >= 0.6 is 11.6 Å². The Balaban J connectivity index is 2.36. The molecule has 2 nitrogen and oxygen atoms in total. The molecule has 0 aliphatic carbocycles. The third kappa shape index (κ3) is 2.89. The summed E-state index contributed by atoms with van der Waals surface area (Å²) in [4.78, 5) is 12.4. The fourth-order valence-electron chi connectivity index (χ4n) is 1.96. The van der Waals surface area contributed by atoms with E-state index in [1.54, 1.807) is 18.2 Å². The number of hydrogen-bond donors (Lipinski definition) is 0. The number of nitriles is 1. The summed E-state index contributed by atoms with van der Waals surface area (Å²) in [5.41, 5.74) is 3.18. The van der Waals surface area contributed by atoms with E-state index in [1.165, 1.54) is 0 Å². The predicted octanol–water partition coefficient (Wildman–Crippen LogP) is 4.45. The molecule has 2 aromatic carbocycles. The molecule has 0 fully saturated rings. The number of carbonyl (C=O) groups excluding carboxylic acids is 1. The molecule has 1 unspecified atom stereocenters. The molecule has 0 aliphatic heterocycles. The Bertz CT molecular complexity index is 683. The van der Waals surface area contributed by atoms with Gasteiger partial charge in [0.1, 0.15) is 5.92 Å². The Hall–Kier alpha value is -2.11. The maximum atomic E-state index is 12.4. The van der Waals surface area contributed by atoms with Crippen LogP contribution in [0.5, 0.6) is 0 Å². The second-order valence-electron chi connectivity index (χ2n) is 4.80. The summed E-state index contributed by atoms with van der Waals surface area (Å²) in [7, 11) is 0. The van der Waals surface area contributed by atoms with Gasteiger partial charge in [0.05, 0.1) is 6.07 Å². The Morgan fingerprint density at radius 3 is 2.35 bits per heavy atom. The van der Waals surface area contributed by atoms with E-state index in [0.717, 1.165) is 11.1 Å². The highest BCUT2D eigenvalue weighted by molar-refractivity contribution is 6.31. The van der Waals surface area contributed by atoms with Crippen molar-refractivity contribution in [2.24, 2.45) is 0 Å². The first-order valence-electron chi connectivity index (χ1n) is 6.29. The maximum Gasteiger partial charge on any atom is 0.184 e. The van der Waals surface area contributed by atoms with Crippen molar-refractivity contribution in [2.75, 3.05) is 0 Å². The fraction of sp³-hybridized carbons (Fsp3) is 0.176. The van der Waals surface area contributed by atoms with Gasteiger partial charge in [-0.05, 0) is 31.0 Å². The fourth-order valence-corrected chi connectivity index (χ4v) is 2.14. The Morgan fingerprint density at radius 2 is 1.80 bits per heavy atom. The zero-order valence-electron chi connectivity index (χ0n) is 11.4. The molecule has 0 aliphatic rings. The second kappa shape index (κ2) is 5.90. The monoisotopic (exact) mass is 283 g/mol. The van der Waals surface area contributed by atoms with Gasteiger partial charge in [-0.2, -0.15) is 5.26 Å². The first-order valence-corrected chi connectivity index (χ1v) is 6.67. The number of aryl methyl sites for hydroxylation is 2. The highest BCUT2D eigenvalue weighted by Crippen LogP contribution is 2.24. The predicted molar refractivity (Wildman–Crippen MR) is 80.1 cm³/mol. The molecule has 0 saturated carbocycles. The highest BCUT2D eigenvalue weighted by atomic mass is 35.5. The molecule has 0 aromatic heterocycles. The van der Waals surface area contributed by atoms with Crippen molar-refractivity contribution in [2.45, 2.75) is 19.8 Å². The average molecular weight is 284 g/mol. The van der Waals surface area contributed by atoms with Crippen molar-refractivity contribution < 1.29 is 4.79 Å². The van der Waals surface area contributed by atoms with Crippen molar-refractivity contribution in [3.63, 3.8) is 0 Å². The third-order valence-corrected chi connectivity index (χ3v) is 3.67. The van der Waals surface area contributed by atoms with Gasteiger partial charge in [-0.25, -0.2) is 0 Å². The van der Waals surface area contributed by atoms with Gasteiger partial charge in [-0.1, -0.05) is 53.6 Å². The molecule has 100 valence electrons. The van der Waals surface area contributed by atoms with Gasteiger partial charge in [0.25, 0.3) is 0 Å². The van der Waals surface area contributed by atoms with Crippen LogP contribution in [0.2, 0.25) is 5.02 Å². The first kappa shape index (κ1) is 14.3. The third-order valence-electron chi connectivity index (χ3n) is 3.26. The Labute approximate surface area is 123 Å². The maximum absolute atomic E-state index is 12.4. The van der Waals surface area contributed by atoms with Crippen LogP contribution in [-0.4, -0.2) is 5.78 Å². The van der Waals surface area contributed by atoms with Crippen LogP contribution in [0.3, 0.4) is 0 Å². The van der Waals surface area contributed by atoms with E-state index in [2.05, 4.69) is 6.07 Å². The normalized spacial score (nSPS) is 11.7. The van der Waals surface area contributed by atoms with Crippen LogP contribution in [0.15, 0.2) is 42.5 Å². The van der Waals surface area contributed by atoms with Gasteiger partial charge in [0.2, 0.25) is 0 Å². The minimum absolute atomic E-state index is 0.224. The summed E-state index contributed by atoms with van der Waals surface area (Å²) in [6.45, 7) is 3.84. The summed E-state index contributed by atoms with van der Waals surface area (Å²) in [6, 6.07) is 14.6. The SMILES string of the molecule is Cc1ccc(C(C#N)C(=O)c2ccc(C)c(Cl)c2)cc1. The lowest BCUT2D eigenvalue weighted by atomic mass is 9.91. The Kier molecular flexibility index (Phi) is 4.22. The number of nitrogens with zero attached hydrogens (tertiary/aromatic N) is 1. The molecule has 2 aromatic rings. The molecule has 0 amide bonds. The number of hydrogen-bond acceptors (Lipinski definition) is 2. The zero-order chi connectivity index (χ0) is 14.7. The van der Waals surface area contributed by atoms with E-state index in [0.29, 0.717) is 16.1 Å². The summed E-state index contributed by atoms with van der Waals surface area (Å²) < 4.78 is 0. The summed E-state index contributed by atoms with van der Waals surface area (Å²) in [6.07, 6.45) is 0. The summed E-state index contributed by atoms with van der Waals surface area (Å²) in [5, 5.41) is 9.84. The molecule has 0 heterocycles. The number of rotatable bonds is 3. The quantitative estimate of drug-likeness (QED) is 0.781. The molecule has 20 heavy (non-hydrogen) atoms. The second-order valence-corrected chi connectivity index (χ2v) is 5.21. The number of carbonyl (C=O) groups is 1. The molecular formula is C17H14ClNO. The van der Waals surface area contributed by atoms with Crippen molar-refractivity contribution in [3.8, 4) is 6.07 Å². The van der Waals surface area contributed by atoms with Gasteiger partial charge < -0.3 is 0 Å². The molecule has 3 heteroatoms. The van der Waals surface area contributed by atoms with Crippen LogP contribution in [0.25, 0.3) is 0 Å². The summed E-state index contributed by atoms with van der Waals surface area (Å²) in [5.74, 6) is -1.02. The molecular weight excluding hydrogens is 270 g/mol. The van der Waals surface area contributed by atoms with Gasteiger partial charge in [0, 0.05) is 10.6 Å². The van der Waals surface area contributed by atoms with Crippen LogP contribution in [0, 0.1) is 25.2 Å². The highest BCUT2D eigenvalue weighted by Gasteiger charge is 2.22. The Morgan fingerprint density at radius 1 is 1.15 bits per heavy atom. The lowest BCUT2D eigenvalue weighted by molar-refractivity contribution is 0.0979. The van der Waals surface area contributed by atoms with E-state index in [9.17, 15) is 10.1 Å². The van der Waals surface area contributed by atoms with E-state index >= 15 is 0 Å². The number of benzene rings is 2. The number of ketones is 1. The average Bonchev–Trinajstić information content (AvgIpc) is 2.44. The van der Waals surface area contributed by atoms with E-state index < -0.39 is 5.92 Å². The number of Topliss-reactive ketones (excluding diaryl/α,β-unsaturated/α-hetero) is 1. The van der Waals surface area contributed by atoms with Gasteiger partial charge in [0.15, 0.2) is 5.78 Å². The first-order chi connectivity index (χ1) is 9.52. The largest absolute Gasteiger partial charge is 0.292 e. The van der Waals surface area contributed by atoms with Crippen LogP contribution < -0.4 is 0 Å². The van der Waals surface area contributed by atoms with Gasteiger partial charge >= 0.3 is 0 Å². The van der Waals surface area contributed by atoms with Crippen LogP contribution in [0.4, 0.5) is 0 Å². The van der Waals surface area contributed by atoms with Gasteiger partial charge in [-0.15, -0.1) is 0 Å². The minimum Gasteiger partial charge on any atom is -0.292 e. The van der Waals surface area contributed by atoms with Crippen molar-refractivity contribution in [3.05, 3.63) is 69.7 Å². The van der Waals surface area contributed by atoms with Gasteiger partial charge in [-0.3, -0.25) is 4.79 Å². The van der Waals surface area contributed by atoms with Crippen LogP contribution in [0.1, 0.15) is 33.0 Å². The van der Waals surface area contributed by atoms with Crippen molar-refractivity contribution in [1.29, 1.82) is 5.26 Å². The summed E-state index contributed by atoms with van der Waals surface area (Å²) >= 11 is 6.04. The topological polar surface area (TPSA) is 40.9 Å². The standard InChI is InChI=1S/C17H14ClNO/c1-11-3-6-13(7-4-11)15(10-19)17(20)14-8-5-12(2)16(18)9-14/h3-9,15H,1-2H3. The van der Waals surface area contributed by atoms with E-state index in [4.69, 9.17) is 11.6 Å². The molecule has 0 spiro atoms. The minimum atomic E-state index is -0.797. The molecule has 2 rings (SSSR count).